The highest BCUT2D eigenvalue weighted by Crippen LogP contribution is 2.06. The molecule has 0 aliphatic heterocycles. The summed E-state index contributed by atoms with van der Waals surface area (Å²) in [7, 11) is 0. The normalized spacial score (nSPS) is 10.7. The highest BCUT2D eigenvalue weighted by Gasteiger charge is 2.07. The monoisotopic (exact) mass is 354 g/mol. The third-order valence-electron chi connectivity index (χ3n) is 3.89. The molecule has 3 rings (SSSR count). The molecule has 1 amide bonds. The second kappa shape index (κ2) is 7.85. The number of hydrogen-bond donors (Lipinski definition) is 2. The smallest absolute Gasteiger partial charge is 0.262 e. The third kappa shape index (κ3) is 4.19. The van der Waals surface area contributed by atoms with Gasteiger partial charge < -0.3 is 10.3 Å². The molecule has 0 bridgehead atoms. The van der Waals surface area contributed by atoms with Gasteiger partial charge in [-0.05, 0) is 42.4 Å². The largest absolute Gasteiger partial charge is 0.352 e. The van der Waals surface area contributed by atoms with Crippen LogP contribution in [0, 0.1) is 4.77 Å². The van der Waals surface area contributed by atoms with E-state index >= 15 is 0 Å². The van der Waals surface area contributed by atoms with Crippen molar-refractivity contribution in [1.29, 1.82) is 0 Å². The van der Waals surface area contributed by atoms with Crippen LogP contribution in [0.2, 0.25) is 0 Å². The molecule has 25 heavy (non-hydrogen) atoms. The van der Waals surface area contributed by atoms with Crippen molar-refractivity contribution in [1.82, 2.24) is 19.9 Å². The van der Waals surface area contributed by atoms with E-state index in [9.17, 15) is 9.59 Å². The number of hydrogen-bond acceptors (Lipinski definition) is 4. The van der Waals surface area contributed by atoms with Crippen molar-refractivity contribution < 1.29 is 4.79 Å². The number of benzene rings is 1. The Balaban J connectivity index is 1.59. The van der Waals surface area contributed by atoms with Gasteiger partial charge in [-0.25, -0.2) is 0 Å². The SMILES string of the molecule is O=C(CCCn1c(=S)[nH]c2ccccc2c1=O)NCc1cccnc1. The summed E-state index contributed by atoms with van der Waals surface area (Å²) in [5.74, 6) is -0.0624. The maximum atomic E-state index is 12.5. The van der Waals surface area contributed by atoms with Crippen LogP contribution in [0.3, 0.4) is 0 Å². The first-order chi connectivity index (χ1) is 12.1. The number of para-hydroxylation sites is 1. The Bertz CT molecular complexity index is 995. The number of carbonyl (C=O) groups is 1. The Hall–Kier alpha value is -2.80. The first-order valence-corrected chi connectivity index (χ1v) is 8.43. The molecule has 128 valence electrons. The number of nitrogens with one attached hydrogen (secondary N) is 2. The number of rotatable bonds is 6. The van der Waals surface area contributed by atoms with E-state index in [2.05, 4.69) is 15.3 Å². The summed E-state index contributed by atoms with van der Waals surface area (Å²) in [5, 5.41) is 3.44. The van der Waals surface area contributed by atoms with Gasteiger partial charge in [-0.1, -0.05) is 18.2 Å². The van der Waals surface area contributed by atoms with Crippen LogP contribution in [-0.4, -0.2) is 20.4 Å². The van der Waals surface area contributed by atoms with Gasteiger partial charge in [0, 0.05) is 31.9 Å². The Morgan fingerprint density at radius 1 is 1.24 bits per heavy atom. The molecule has 0 aliphatic carbocycles. The molecule has 0 saturated heterocycles. The lowest BCUT2D eigenvalue weighted by Gasteiger charge is -2.08. The van der Waals surface area contributed by atoms with Gasteiger partial charge in [-0.2, -0.15) is 0 Å². The molecule has 0 fully saturated rings. The predicted molar refractivity (Wildman–Crippen MR) is 98.7 cm³/mol. The third-order valence-corrected chi connectivity index (χ3v) is 4.21. The zero-order chi connectivity index (χ0) is 17.6. The summed E-state index contributed by atoms with van der Waals surface area (Å²) < 4.78 is 1.88. The number of pyridine rings is 1. The minimum absolute atomic E-state index is 0.0624. The van der Waals surface area contributed by atoms with E-state index in [-0.39, 0.29) is 11.5 Å². The van der Waals surface area contributed by atoms with Gasteiger partial charge in [0.15, 0.2) is 4.77 Å². The summed E-state index contributed by atoms with van der Waals surface area (Å²) in [4.78, 5) is 31.5. The first-order valence-electron chi connectivity index (χ1n) is 8.02. The zero-order valence-electron chi connectivity index (χ0n) is 13.6. The zero-order valence-corrected chi connectivity index (χ0v) is 14.4. The summed E-state index contributed by atoms with van der Waals surface area (Å²) in [6, 6.07) is 11.0. The molecule has 6 nitrogen and oxygen atoms in total. The summed E-state index contributed by atoms with van der Waals surface area (Å²) in [6.45, 7) is 0.849. The van der Waals surface area contributed by atoms with E-state index in [4.69, 9.17) is 12.2 Å². The Kier molecular flexibility index (Phi) is 5.35. The molecule has 0 radical (unpaired) electrons. The number of fused-ring (bicyclic) bond motifs is 1. The molecule has 7 heteroatoms. The van der Waals surface area contributed by atoms with Crippen molar-refractivity contribution in [2.24, 2.45) is 0 Å². The fourth-order valence-electron chi connectivity index (χ4n) is 2.59. The highest BCUT2D eigenvalue weighted by atomic mass is 32.1. The standard InChI is InChI=1S/C18H18N4O2S/c23-16(20-12-13-5-3-9-19-11-13)8-4-10-22-17(24)14-6-1-2-7-15(14)21-18(22)25/h1-3,5-7,9,11H,4,8,10,12H2,(H,20,23)(H,21,25). The average molecular weight is 354 g/mol. The van der Waals surface area contributed by atoms with Crippen molar-refractivity contribution in [2.75, 3.05) is 0 Å². The molecule has 2 heterocycles. The minimum atomic E-state index is -0.130. The molecule has 2 aromatic heterocycles. The molecular formula is C18H18N4O2S. The molecule has 2 N–H and O–H groups in total. The molecule has 3 aromatic rings. The molecule has 0 saturated carbocycles. The molecule has 0 aliphatic rings. The molecular weight excluding hydrogens is 336 g/mol. The Morgan fingerprint density at radius 3 is 2.88 bits per heavy atom. The second-order valence-corrected chi connectivity index (χ2v) is 6.06. The number of aromatic amines is 1. The number of nitrogens with zero attached hydrogens (tertiary/aromatic N) is 2. The summed E-state index contributed by atoms with van der Waals surface area (Å²) in [5.41, 5.74) is 1.54. The van der Waals surface area contributed by atoms with E-state index in [1.165, 1.54) is 4.57 Å². The van der Waals surface area contributed by atoms with Crippen LogP contribution in [-0.2, 0) is 17.9 Å². The van der Waals surface area contributed by atoms with Crippen molar-refractivity contribution in [3.8, 4) is 0 Å². The van der Waals surface area contributed by atoms with Crippen molar-refractivity contribution in [3.05, 3.63) is 69.5 Å². The van der Waals surface area contributed by atoms with Crippen LogP contribution >= 0.6 is 12.2 Å². The highest BCUT2D eigenvalue weighted by molar-refractivity contribution is 7.71. The fraction of sp³-hybridized carbons (Fsp3) is 0.222. The lowest BCUT2D eigenvalue weighted by molar-refractivity contribution is -0.121. The van der Waals surface area contributed by atoms with Gasteiger partial charge in [0.25, 0.3) is 5.56 Å². The van der Waals surface area contributed by atoms with Crippen molar-refractivity contribution in [2.45, 2.75) is 25.9 Å². The number of amides is 1. The lowest BCUT2D eigenvalue weighted by atomic mass is 10.2. The van der Waals surface area contributed by atoms with Crippen molar-refractivity contribution in [3.63, 3.8) is 0 Å². The summed E-state index contributed by atoms with van der Waals surface area (Å²) >= 11 is 5.26. The Labute approximate surface area is 149 Å². The minimum Gasteiger partial charge on any atom is -0.352 e. The molecule has 0 unspecified atom stereocenters. The maximum absolute atomic E-state index is 12.5. The van der Waals surface area contributed by atoms with E-state index in [0.29, 0.717) is 36.1 Å². The van der Waals surface area contributed by atoms with Crippen molar-refractivity contribution >= 4 is 29.0 Å². The Morgan fingerprint density at radius 2 is 2.08 bits per heavy atom. The van der Waals surface area contributed by atoms with Crippen LogP contribution in [0.25, 0.3) is 10.9 Å². The number of H-pyrrole nitrogens is 1. The van der Waals surface area contributed by atoms with Gasteiger partial charge in [0.2, 0.25) is 5.91 Å². The van der Waals surface area contributed by atoms with Crippen LogP contribution < -0.4 is 10.9 Å². The first kappa shape index (κ1) is 17.0. The van der Waals surface area contributed by atoms with Crippen LogP contribution in [0.1, 0.15) is 18.4 Å². The molecule has 1 aromatic carbocycles. The fourth-order valence-corrected chi connectivity index (χ4v) is 2.88. The predicted octanol–water partition coefficient (Wildman–Crippen LogP) is 2.55. The number of carbonyl (C=O) groups excluding carboxylic acids is 1. The van der Waals surface area contributed by atoms with Gasteiger partial charge in [-0.15, -0.1) is 0 Å². The lowest BCUT2D eigenvalue weighted by Crippen LogP contribution is -2.25. The van der Waals surface area contributed by atoms with E-state index in [1.54, 1.807) is 18.5 Å². The van der Waals surface area contributed by atoms with Gasteiger partial charge >= 0.3 is 0 Å². The van der Waals surface area contributed by atoms with Gasteiger partial charge in [0.1, 0.15) is 0 Å². The number of aromatic nitrogens is 3. The van der Waals surface area contributed by atoms with Gasteiger partial charge in [0.05, 0.1) is 10.9 Å². The van der Waals surface area contributed by atoms with E-state index in [0.717, 1.165) is 11.1 Å². The quantitative estimate of drug-likeness (QED) is 0.667. The van der Waals surface area contributed by atoms with E-state index < -0.39 is 0 Å². The van der Waals surface area contributed by atoms with Gasteiger partial charge in [-0.3, -0.25) is 19.1 Å². The summed E-state index contributed by atoms with van der Waals surface area (Å²) in [6.07, 6.45) is 4.27. The van der Waals surface area contributed by atoms with E-state index in [1.807, 2.05) is 30.3 Å². The molecule has 0 spiro atoms. The second-order valence-electron chi connectivity index (χ2n) is 5.67. The van der Waals surface area contributed by atoms with Crippen LogP contribution in [0.15, 0.2) is 53.6 Å². The maximum Gasteiger partial charge on any atom is 0.262 e. The molecule has 0 atom stereocenters. The average Bonchev–Trinajstić information content (AvgIpc) is 2.63. The van der Waals surface area contributed by atoms with Crippen LogP contribution in [0.5, 0.6) is 0 Å². The topological polar surface area (TPSA) is 79.8 Å². The van der Waals surface area contributed by atoms with Crippen LogP contribution in [0.4, 0.5) is 0 Å².